The molecule has 0 aromatic carbocycles. The number of amides is 3. The van der Waals surface area contributed by atoms with E-state index in [9.17, 15) is 49.3 Å². The monoisotopic (exact) mass is 958 g/mol. The molecule has 2 saturated heterocycles. The molecule has 1 aliphatic carbocycles. The highest BCUT2D eigenvalue weighted by Gasteiger charge is 2.53. The van der Waals surface area contributed by atoms with Gasteiger partial charge in [0.2, 0.25) is 5.79 Å². The van der Waals surface area contributed by atoms with Gasteiger partial charge in [-0.25, -0.2) is 9.59 Å². The minimum absolute atomic E-state index is 0.0130. The Kier molecular flexibility index (Phi) is 21.3. The lowest BCUT2D eigenvalue weighted by atomic mass is 9.78. The first kappa shape index (κ1) is 56.5. The Morgan fingerprint density at radius 1 is 0.926 bits per heavy atom. The summed E-state index contributed by atoms with van der Waals surface area (Å²) in [6, 6.07) is -3.40. The number of primary amides is 1. The molecule has 68 heavy (non-hydrogen) atoms. The second-order valence-corrected chi connectivity index (χ2v) is 20.1. The van der Waals surface area contributed by atoms with Gasteiger partial charge in [-0.3, -0.25) is 24.4 Å². The SMILES string of the molecule is COC1C(=O)[C@H](C)C[C@H](C)/C=C/C=C/C=C(\C)C(N(O)C(N)=O)C[C@@H]2CC[C@@H](C)[C@@](O)(O2)C(=O)C(=O)N2CCCC[C@H]2C(=O)O[C@H]([C@H](C)C[C@@H]2CC[C@@H](O)[C@H](OC)C2)CC(=O)[C@H](C)/C=C(\C)[C@H]1O. The largest absolute Gasteiger partial charge is 0.460 e. The molecule has 3 amide bonds. The first-order valence-corrected chi connectivity index (χ1v) is 24.5. The second kappa shape index (κ2) is 25.7. The lowest BCUT2D eigenvalue weighted by Gasteiger charge is -2.43. The number of fused-ring (bicyclic) bond motifs is 3. The summed E-state index contributed by atoms with van der Waals surface area (Å²) in [5.74, 6) is -8.93. The molecule has 6 N–H and O–H groups in total. The van der Waals surface area contributed by atoms with Crippen LogP contribution in [-0.2, 0) is 42.9 Å². The number of nitrogens with zero attached hydrogens (tertiary/aromatic N) is 2. The molecule has 382 valence electrons. The van der Waals surface area contributed by atoms with E-state index in [1.807, 2.05) is 19.9 Å². The van der Waals surface area contributed by atoms with Crippen LogP contribution in [0, 0.1) is 35.5 Å². The summed E-state index contributed by atoms with van der Waals surface area (Å²) in [5, 5.41) is 45.1. The number of urea groups is 1. The van der Waals surface area contributed by atoms with Crippen molar-refractivity contribution in [1.29, 1.82) is 0 Å². The lowest BCUT2D eigenvalue weighted by molar-refractivity contribution is -0.266. The van der Waals surface area contributed by atoms with Gasteiger partial charge in [0.15, 0.2) is 5.78 Å². The molecule has 4 rings (SSSR count). The third-order valence-electron chi connectivity index (χ3n) is 14.7. The molecule has 0 aromatic rings. The molecular weight excluding hydrogens is 879 g/mol. The highest BCUT2D eigenvalue weighted by Crippen LogP contribution is 2.38. The number of ether oxygens (including phenoxy) is 4. The first-order chi connectivity index (χ1) is 32.0. The maximum Gasteiger partial charge on any atom is 0.339 e. The number of hydrogen-bond donors (Lipinski definition) is 5. The maximum atomic E-state index is 14.4. The van der Waals surface area contributed by atoms with Crippen molar-refractivity contribution in [3.05, 3.63) is 47.6 Å². The number of hydrogen-bond acceptors (Lipinski definition) is 14. The Labute approximate surface area is 402 Å². The van der Waals surface area contributed by atoms with Crippen molar-refractivity contribution < 1.29 is 68.2 Å². The topological polar surface area (TPSA) is 253 Å². The molecule has 1 saturated carbocycles. The third-order valence-corrected chi connectivity index (χ3v) is 14.7. The Balaban J connectivity index is 1.74. The first-order valence-electron chi connectivity index (χ1n) is 24.5. The van der Waals surface area contributed by atoms with Gasteiger partial charge < -0.3 is 44.9 Å². The fraction of sp³-hybridized carbons (Fsp3) is 0.725. The van der Waals surface area contributed by atoms with Crippen LogP contribution < -0.4 is 5.73 Å². The van der Waals surface area contributed by atoms with E-state index in [0.29, 0.717) is 67.6 Å². The van der Waals surface area contributed by atoms with Crippen LogP contribution in [0.3, 0.4) is 0 Å². The summed E-state index contributed by atoms with van der Waals surface area (Å²) in [5.41, 5.74) is 6.34. The van der Waals surface area contributed by atoms with Gasteiger partial charge in [0.1, 0.15) is 30.1 Å². The summed E-state index contributed by atoms with van der Waals surface area (Å²) >= 11 is 0. The predicted molar refractivity (Wildman–Crippen MR) is 251 cm³/mol. The average molecular weight is 958 g/mol. The van der Waals surface area contributed by atoms with Crippen molar-refractivity contribution >= 4 is 35.3 Å². The van der Waals surface area contributed by atoms with E-state index in [1.165, 1.54) is 7.11 Å². The Morgan fingerprint density at radius 3 is 2.29 bits per heavy atom. The predicted octanol–water partition coefficient (Wildman–Crippen LogP) is 5.30. The van der Waals surface area contributed by atoms with Gasteiger partial charge in [-0.05, 0) is 107 Å². The Hall–Kier alpha value is -4.10. The van der Waals surface area contributed by atoms with Crippen molar-refractivity contribution in [3.8, 4) is 0 Å². The van der Waals surface area contributed by atoms with Crippen molar-refractivity contribution in [1.82, 2.24) is 9.96 Å². The van der Waals surface area contributed by atoms with E-state index in [0.717, 1.165) is 4.90 Å². The highest BCUT2D eigenvalue weighted by molar-refractivity contribution is 6.39. The second-order valence-electron chi connectivity index (χ2n) is 20.1. The zero-order valence-corrected chi connectivity index (χ0v) is 41.6. The van der Waals surface area contributed by atoms with Gasteiger partial charge >= 0.3 is 12.0 Å². The van der Waals surface area contributed by atoms with Crippen LogP contribution in [-0.4, -0.2) is 141 Å². The molecule has 3 heterocycles. The van der Waals surface area contributed by atoms with Gasteiger partial charge in [-0.2, -0.15) is 5.06 Å². The number of nitrogens with two attached hydrogens (primary N) is 1. The van der Waals surface area contributed by atoms with Crippen molar-refractivity contribution in [2.24, 2.45) is 41.2 Å². The summed E-state index contributed by atoms with van der Waals surface area (Å²) in [4.78, 5) is 84.2. The number of carbonyl (C=O) groups excluding carboxylic acids is 6. The fourth-order valence-corrected chi connectivity index (χ4v) is 10.3. The molecule has 4 aliphatic rings. The Bertz CT molecular complexity index is 1900. The number of methoxy groups -OCH3 is 2. The molecule has 15 atom stereocenters. The summed E-state index contributed by atoms with van der Waals surface area (Å²) < 4.78 is 23.4. The number of aliphatic hydroxyl groups is 3. The smallest absolute Gasteiger partial charge is 0.339 e. The summed E-state index contributed by atoms with van der Waals surface area (Å²) in [6.45, 7) is 12.1. The van der Waals surface area contributed by atoms with Crippen LogP contribution in [0.25, 0.3) is 0 Å². The van der Waals surface area contributed by atoms with E-state index in [2.05, 4.69) is 0 Å². The number of hydroxylamine groups is 2. The number of aliphatic hydroxyl groups excluding tert-OH is 2. The highest BCUT2D eigenvalue weighted by atomic mass is 16.6. The van der Waals surface area contributed by atoms with Crippen LogP contribution in [0.1, 0.15) is 126 Å². The van der Waals surface area contributed by atoms with Crippen molar-refractivity contribution in [3.63, 3.8) is 0 Å². The molecule has 0 radical (unpaired) electrons. The normalized spacial score (nSPS) is 39.0. The zero-order valence-electron chi connectivity index (χ0n) is 41.6. The van der Waals surface area contributed by atoms with Crippen LogP contribution in [0.15, 0.2) is 47.6 Å². The van der Waals surface area contributed by atoms with E-state index >= 15 is 0 Å². The number of cyclic esters (lactones) is 1. The van der Waals surface area contributed by atoms with Gasteiger partial charge in [-0.1, -0.05) is 71.1 Å². The zero-order chi connectivity index (χ0) is 50.6. The molecule has 2 unspecified atom stereocenters. The van der Waals surface area contributed by atoms with Crippen LogP contribution in [0.5, 0.6) is 0 Å². The minimum Gasteiger partial charge on any atom is -0.460 e. The molecule has 3 fully saturated rings. The lowest BCUT2D eigenvalue weighted by Crippen LogP contribution is -2.61. The molecular formula is C51H79N3O14. The summed E-state index contributed by atoms with van der Waals surface area (Å²) in [7, 11) is 2.89. The molecule has 17 nitrogen and oxygen atoms in total. The van der Waals surface area contributed by atoms with E-state index in [4.69, 9.17) is 24.7 Å². The number of carbonyl (C=O) groups is 6. The minimum atomic E-state index is -2.61. The van der Waals surface area contributed by atoms with E-state index in [1.54, 1.807) is 72.1 Å². The third kappa shape index (κ3) is 14.5. The maximum absolute atomic E-state index is 14.4. The quantitative estimate of drug-likeness (QED) is 0.0745. The molecule has 2 bridgehead atoms. The molecule has 0 spiro atoms. The van der Waals surface area contributed by atoms with Gasteiger partial charge in [0, 0.05) is 51.4 Å². The number of allylic oxidation sites excluding steroid dienone is 6. The standard InChI is InChI=1S/C51H79N3O14/c1-29-15-11-10-12-16-30(2)39(54(64)50(52)62)27-37-20-18-35(7)51(63,68-37)47(59)48(60)53-22-14-13-17-38(53)49(61)67-42(32(4)25-36-19-21-40(55)43(26-36)65-8)28-41(56)31(3)24-34(6)45(58)46(66-9)44(57)33(5)23-29/h10-12,15-16,24,29,31-33,35-40,42-43,45-46,55,58,63-64H,13-14,17-23,25-28H2,1-9H3,(H2,52,62)/b12-10+,15-11+,30-16+,34-24+/t29-,31-,32-,33-,35-,36+,37+,38+,39?,40-,42+,43-,45-,46?,51-/m1/s1. The summed E-state index contributed by atoms with van der Waals surface area (Å²) in [6.07, 6.45) is 9.06. The fourth-order valence-electron chi connectivity index (χ4n) is 10.3. The number of piperidine rings is 1. The van der Waals surface area contributed by atoms with Crippen molar-refractivity contribution in [2.75, 3.05) is 20.8 Å². The number of ketones is 3. The van der Waals surface area contributed by atoms with Crippen molar-refractivity contribution in [2.45, 2.75) is 180 Å². The molecule has 3 aliphatic heterocycles. The van der Waals surface area contributed by atoms with E-state index < -0.39 is 89.8 Å². The van der Waals surface area contributed by atoms with Crippen LogP contribution in [0.4, 0.5) is 4.79 Å². The van der Waals surface area contributed by atoms with Crippen LogP contribution >= 0.6 is 0 Å². The van der Waals surface area contributed by atoms with Gasteiger partial charge in [-0.15, -0.1) is 0 Å². The average Bonchev–Trinajstić information content (AvgIpc) is 3.30. The number of Topliss-reactive ketones (excluding diaryl/α,β-unsaturated/α-hetero) is 3. The number of rotatable bonds is 6. The van der Waals surface area contributed by atoms with Gasteiger partial charge in [0.05, 0.1) is 24.4 Å². The molecule has 17 heteroatoms. The van der Waals surface area contributed by atoms with Crippen LogP contribution in [0.2, 0.25) is 0 Å². The molecule has 0 aromatic heterocycles. The Morgan fingerprint density at radius 2 is 1.63 bits per heavy atom. The van der Waals surface area contributed by atoms with Gasteiger partial charge in [0.25, 0.3) is 11.7 Å². The number of esters is 1. The van der Waals surface area contributed by atoms with E-state index in [-0.39, 0.29) is 67.7 Å².